The highest BCUT2D eigenvalue weighted by Gasteiger charge is 2.12. The number of hydrogen-bond acceptors (Lipinski definition) is 5. The fourth-order valence-corrected chi connectivity index (χ4v) is 2.09. The Hall–Kier alpha value is -2.14. The molecular formula is C15H17N3O2. The van der Waals surface area contributed by atoms with Gasteiger partial charge in [-0.1, -0.05) is 30.3 Å². The van der Waals surface area contributed by atoms with Crippen molar-refractivity contribution in [1.29, 1.82) is 0 Å². The average Bonchev–Trinajstić information content (AvgIpc) is 2.55. The molecule has 20 heavy (non-hydrogen) atoms. The van der Waals surface area contributed by atoms with Crippen LogP contribution in [-0.2, 0) is 11.3 Å². The Morgan fingerprint density at radius 2 is 1.75 bits per heavy atom. The lowest BCUT2D eigenvalue weighted by Crippen LogP contribution is -2.36. The first-order valence-electron chi connectivity index (χ1n) is 6.73. The van der Waals surface area contributed by atoms with Crippen molar-refractivity contribution in [3.63, 3.8) is 0 Å². The zero-order valence-corrected chi connectivity index (χ0v) is 11.2. The molecule has 0 aliphatic carbocycles. The molecule has 5 nitrogen and oxygen atoms in total. The lowest BCUT2D eigenvalue weighted by Gasteiger charge is -2.28. The molecule has 1 aromatic carbocycles. The van der Waals surface area contributed by atoms with Crippen LogP contribution < -0.4 is 9.64 Å². The van der Waals surface area contributed by atoms with Crippen LogP contribution in [0, 0.1) is 0 Å². The summed E-state index contributed by atoms with van der Waals surface area (Å²) < 4.78 is 10.9. The number of anilines is 1. The molecule has 1 saturated heterocycles. The largest absolute Gasteiger partial charge is 0.459 e. The van der Waals surface area contributed by atoms with E-state index in [0.717, 1.165) is 37.6 Å². The van der Waals surface area contributed by atoms with Gasteiger partial charge in [0.25, 0.3) is 0 Å². The van der Waals surface area contributed by atoms with Crippen molar-refractivity contribution in [2.24, 2.45) is 0 Å². The zero-order chi connectivity index (χ0) is 13.6. The van der Waals surface area contributed by atoms with Crippen LogP contribution in [0.5, 0.6) is 6.01 Å². The van der Waals surface area contributed by atoms with Gasteiger partial charge in [-0.3, -0.25) is 0 Å². The van der Waals surface area contributed by atoms with E-state index < -0.39 is 0 Å². The SMILES string of the molecule is c1ccc(COc2ncc(N3CCOCC3)cn2)cc1. The molecule has 104 valence electrons. The lowest BCUT2D eigenvalue weighted by atomic mass is 10.2. The van der Waals surface area contributed by atoms with Crippen LogP contribution in [0.1, 0.15) is 5.56 Å². The highest BCUT2D eigenvalue weighted by molar-refractivity contribution is 5.42. The molecule has 0 saturated carbocycles. The van der Waals surface area contributed by atoms with Gasteiger partial charge in [0.2, 0.25) is 0 Å². The van der Waals surface area contributed by atoms with E-state index in [9.17, 15) is 0 Å². The molecule has 0 amide bonds. The van der Waals surface area contributed by atoms with E-state index in [-0.39, 0.29) is 0 Å². The minimum atomic E-state index is 0.408. The molecule has 1 aliphatic rings. The molecule has 0 bridgehead atoms. The normalized spacial score (nSPS) is 15.1. The van der Waals surface area contributed by atoms with Gasteiger partial charge >= 0.3 is 6.01 Å². The Labute approximate surface area is 118 Å². The minimum Gasteiger partial charge on any atom is -0.459 e. The van der Waals surface area contributed by atoms with Gasteiger partial charge in [0.15, 0.2) is 0 Å². The summed E-state index contributed by atoms with van der Waals surface area (Å²) in [6.45, 7) is 3.76. The quantitative estimate of drug-likeness (QED) is 0.850. The molecule has 1 aliphatic heterocycles. The number of morpholine rings is 1. The molecule has 1 aromatic heterocycles. The van der Waals surface area contributed by atoms with Crippen molar-refractivity contribution in [2.75, 3.05) is 31.2 Å². The number of aromatic nitrogens is 2. The van der Waals surface area contributed by atoms with Crippen molar-refractivity contribution in [3.05, 3.63) is 48.3 Å². The third kappa shape index (κ3) is 3.24. The van der Waals surface area contributed by atoms with Gasteiger partial charge in [0.05, 0.1) is 31.3 Å². The smallest absolute Gasteiger partial charge is 0.316 e. The molecule has 0 unspecified atom stereocenters. The van der Waals surface area contributed by atoms with Gasteiger partial charge < -0.3 is 14.4 Å². The topological polar surface area (TPSA) is 47.5 Å². The van der Waals surface area contributed by atoms with Crippen molar-refractivity contribution in [2.45, 2.75) is 6.61 Å². The van der Waals surface area contributed by atoms with Gasteiger partial charge in [0, 0.05) is 13.1 Å². The summed E-state index contributed by atoms with van der Waals surface area (Å²) >= 11 is 0. The average molecular weight is 271 g/mol. The van der Waals surface area contributed by atoms with Gasteiger partial charge in [-0.25, -0.2) is 9.97 Å². The summed E-state index contributed by atoms with van der Waals surface area (Å²) in [5, 5.41) is 0. The van der Waals surface area contributed by atoms with Crippen molar-refractivity contribution in [1.82, 2.24) is 9.97 Å². The second-order valence-electron chi connectivity index (χ2n) is 4.60. The van der Waals surface area contributed by atoms with E-state index >= 15 is 0 Å². The highest BCUT2D eigenvalue weighted by atomic mass is 16.5. The van der Waals surface area contributed by atoms with Gasteiger partial charge in [0.1, 0.15) is 6.61 Å². The summed E-state index contributed by atoms with van der Waals surface area (Å²) in [6.07, 6.45) is 3.61. The maximum absolute atomic E-state index is 5.57. The fourth-order valence-electron chi connectivity index (χ4n) is 2.09. The first-order chi connectivity index (χ1) is 9.92. The Balaban J connectivity index is 1.58. The van der Waals surface area contributed by atoms with Crippen molar-refractivity contribution in [3.8, 4) is 6.01 Å². The maximum atomic E-state index is 5.57. The van der Waals surface area contributed by atoms with Crippen LogP contribution in [0.4, 0.5) is 5.69 Å². The van der Waals surface area contributed by atoms with E-state index in [1.807, 2.05) is 30.3 Å². The molecule has 2 aromatic rings. The number of hydrogen-bond donors (Lipinski definition) is 0. The Morgan fingerprint density at radius 3 is 2.45 bits per heavy atom. The molecule has 2 heterocycles. The first kappa shape index (κ1) is 12.9. The molecule has 5 heteroatoms. The molecular weight excluding hydrogens is 254 g/mol. The summed E-state index contributed by atoms with van der Waals surface area (Å²) in [5.74, 6) is 0. The Morgan fingerprint density at radius 1 is 1.05 bits per heavy atom. The summed E-state index contributed by atoms with van der Waals surface area (Å²) in [5.41, 5.74) is 2.12. The Bertz CT molecular complexity index is 525. The van der Waals surface area contributed by atoms with Gasteiger partial charge in [-0.05, 0) is 5.56 Å². The third-order valence-corrected chi connectivity index (χ3v) is 3.20. The highest BCUT2D eigenvalue weighted by Crippen LogP contribution is 2.15. The van der Waals surface area contributed by atoms with Crippen LogP contribution in [0.25, 0.3) is 0 Å². The predicted molar refractivity (Wildman–Crippen MR) is 75.8 cm³/mol. The molecule has 1 fully saturated rings. The monoisotopic (exact) mass is 271 g/mol. The van der Waals surface area contributed by atoms with E-state index in [1.165, 1.54) is 0 Å². The van der Waals surface area contributed by atoms with Crippen LogP contribution in [0.3, 0.4) is 0 Å². The van der Waals surface area contributed by atoms with E-state index in [1.54, 1.807) is 12.4 Å². The Kier molecular flexibility index (Phi) is 4.08. The summed E-state index contributed by atoms with van der Waals surface area (Å²) in [7, 11) is 0. The lowest BCUT2D eigenvalue weighted by molar-refractivity contribution is 0.122. The predicted octanol–water partition coefficient (Wildman–Crippen LogP) is 1.89. The number of rotatable bonds is 4. The van der Waals surface area contributed by atoms with Gasteiger partial charge in [-0.2, -0.15) is 0 Å². The third-order valence-electron chi connectivity index (χ3n) is 3.20. The molecule has 0 spiro atoms. The minimum absolute atomic E-state index is 0.408. The van der Waals surface area contributed by atoms with E-state index in [4.69, 9.17) is 9.47 Å². The summed E-state index contributed by atoms with van der Waals surface area (Å²) in [4.78, 5) is 10.7. The van der Waals surface area contributed by atoms with E-state index in [0.29, 0.717) is 12.6 Å². The standard InChI is InChI=1S/C15H17N3O2/c1-2-4-13(5-3-1)12-20-15-16-10-14(11-17-15)18-6-8-19-9-7-18/h1-5,10-11H,6-9,12H2. The van der Waals surface area contributed by atoms with Crippen LogP contribution in [0.15, 0.2) is 42.7 Å². The van der Waals surface area contributed by atoms with Crippen LogP contribution >= 0.6 is 0 Å². The van der Waals surface area contributed by atoms with Crippen LogP contribution in [-0.4, -0.2) is 36.3 Å². The second kappa shape index (κ2) is 6.34. The zero-order valence-electron chi connectivity index (χ0n) is 11.2. The molecule has 0 radical (unpaired) electrons. The van der Waals surface area contributed by atoms with Crippen LogP contribution in [0.2, 0.25) is 0 Å². The fraction of sp³-hybridized carbons (Fsp3) is 0.333. The molecule has 3 rings (SSSR count). The maximum Gasteiger partial charge on any atom is 0.316 e. The second-order valence-corrected chi connectivity index (χ2v) is 4.60. The number of ether oxygens (including phenoxy) is 2. The summed E-state index contributed by atoms with van der Waals surface area (Å²) in [6, 6.07) is 10.4. The number of nitrogens with zero attached hydrogens (tertiary/aromatic N) is 3. The van der Waals surface area contributed by atoms with Crippen molar-refractivity contribution >= 4 is 5.69 Å². The molecule has 0 N–H and O–H groups in total. The van der Waals surface area contributed by atoms with Gasteiger partial charge in [-0.15, -0.1) is 0 Å². The number of benzene rings is 1. The van der Waals surface area contributed by atoms with Crippen molar-refractivity contribution < 1.29 is 9.47 Å². The molecule has 0 atom stereocenters. The first-order valence-corrected chi connectivity index (χ1v) is 6.73. The van der Waals surface area contributed by atoms with E-state index in [2.05, 4.69) is 14.9 Å².